The molecule has 0 saturated carbocycles. The zero-order valence-electron chi connectivity index (χ0n) is 16.7. The van der Waals surface area contributed by atoms with E-state index in [0.717, 1.165) is 16.0 Å². The van der Waals surface area contributed by atoms with Crippen molar-refractivity contribution in [3.8, 4) is 56.1 Å². The molecule has 158 valence electrons. The number of rotatable bonds is 6. The van der Waals surface area contributed by atoms with Gasteiger partial charge in [-0.15, -0.1) is 0 Å². The molecule has 0 spiro atoms. The topological polar surface area (TPSA) is 88.0 Å². The van der Waals surface area contributed by atoms with Crippen molar-refractivity contribution < 1.29 is 33.6 Å². The van der Waals surface area contributed by atoms with Crippen molar-refractivity contribution in [2.75, 3.05) is 35.2 Å². The third-order valence-electron chi connectivity index (χ3n) is 4.63. The minimum absolute atomic E-state index is 0.0847. The third kappa shape index (κ3) is 3.17. The quantitative estimate of drug-likeness (QED) is 0.343. The van der Waals surface area contributed by atoms with Crippen LogP contribution in [0.15, 0.2) is 29.4 Å². The van der Waals surface area contributed by atoms with Gasteiger partial charge in [-0.3, -0.25) is 0 Å². The molecule has 0 saturated heterocycles. The fourth-order valence-electron chi connectivity index (χ4n) is 3.30. The number of hydrogen-bond acceptors (Lipinski definition) is 10. The molecule has 4 rings (SSSR count). The number of methoxy groups -OCH3 is 4. The van der Waals surface area contributed by atoms with Gasteiger partial charge in [-0.2, -0.15) is 0 Å². The van der Waals surface area contributed by atoms with E-state index in [9.17, 15) is 5.21 Å². The highest BCUT2D eigenvalue weighted by atomic mass is 32.9. The molecular weight excluding hydrogens is 430 g/mol. The van der Waals surface area contributed by atoms with Gasteiger partial charge in [0.2, 0.25) is 18.3 Å². The van der Waals surface area contributed by atoms with Gasteiger partial charge in [0, 0.05) is 16.7 Å². The van der Waals surface area contributed by atoms with E-state index in [2.05, 4.69) is 5.16 Å². The molecule has 0 fully saturated rings. The number of hydrogen-bond donors (Lipinski definition) is 1. The number of ether oxygens (including phenoxy) is 6. The maximum Gasteiger partial charge on any atom is 0.231 e. The Labute approximate surface area is 179 Å². The second-order valence-electron chi connectivity index (χ2n) is 6.07. The fourth-order valence-corrected chi connectivity index (χ4v) is 5.73. The van der Waals surface area contributed by atoms with Crippen LogP contribution in [0, 0.1) is 0 Å². The van der Waals surface area contributed by atoms with Crippen molar-refractivity contribution in [2.45, 2.75) is 0 Å². The Kier molecular flexibility index (Phi) is 5.60. The normalized spacial score (nSPS) is 12.7. The summed E-state index contributed by atoms with van der Waals surface area (Å²) < 4.78 is 33.5. The van der Waals surface area contributed by atoms with E-state index < -0.39 is 0 Å². The summed E-state index contributed by atoms with van der Waals surface area (Å²) in [6.07, 6.45) is 0. The lowest BCUT2D eigenvalue weighted by atomic mass is 10.0. The Morgan fingerprint density at radius 2 is 1.53 bits per heavy atom. The number of fused-ring (bicyclic) bond motifs is 1. The number of benzene rings is 2. The van der Waals surface area contributed by atoms with Crippen molar-refractivity contribution in [1.82, 2.24) is 0 Å². The Balaban J connectivity index is 1.97. The predicted octanol–water partition coefficient (Wildman–Crippen LogP) is 4.20. The first kappa shape index (κ1) is 20.2. The van der Waals surface area contributed by atoms with Gasteiger partial charge in [-0.1, -0.05) is 25.8 Å². The summed E-state index contributed by atoms with van der Waals surface area (Å²) in [5, 5.41) is 13.1. The van der Waals surface area contributed by atoms with Crippen LogP contribution in [0.2, 0.25) is 0 Å². The zero-order valence-corrected chi connectivity index (χ0v) is 18.3. The zero-order chi connectivity index (χ0) is 21.3. The van der Waals surface area contributed by atoms with Crippen LogP contribution in [-0.2, 0) is 0 Å². The molecule has 8 nitrogen and oxygen atoms in total. The van der Waals surface area contributed by atoms with Crippen LogP contribution in [0.5, 0.6) is 34.5 Å². The standard InChI is InChI=1S/C20H19NO7S2/c1-23-12-6-5-11(16-18(12)28-9-27-16)15-19(29-30-20(15)21-22)10-7-13(24-2)17(26-4)14(8-10)25-3/h5-8,22H,9H2,1-4H3/b21-20-. The monoisotopic (exact) mass is 449 g/mol. The Hall–Kier alpha value is -3.11. The lowest BCUT2D eigenvalue weighted by Crippen LogP contribution is -2.01. The van der Waals surface area contributed by atoms with Gasteiger partial charge in [-0.25, -0.2) is 0 Å². The molecule has 0 atom stereocenters. The third-order valence-corrected chi connectivity index (χ3v) is 6.99. The molecule has 0 aliphatic carbocycles. The fraction of sp³-hybridized carbons (Fsp3) is 0.250. The SMILES string of the molecule is COc1cc(-c2ss/c(=N\O)c2-c2ccc(OC)c3c2OCO3)cc(OC)c1OC. The van der Waals surface area contributed by atoms with Crippen LogP contribution in [-0.4, -0.2) is 40.4 Å². The van der Waals surface area contributed by atoms with Gasteiger partial charge in [0.25, 0.3) is 0 Å². The molecule has 0 unspecified atom stereocenters. The van der Waals surface area contributed by atoms with Crippen molar-refractivity contribution in [3.63, 3.8) is 0 Å². The Morgan fingerprint density at radius 3 is 2.13 bits per heavy atom. The molecular formula is C20H19NO7S2. The molecule has 1 aromatic heterocycles. The van der Waals surface area contributed by atoms with E-state index in [-0.39, 0.29) is 6.79 Å². The second kappa shape index (κ2) is 8.33. The van der Waals surface area contributed by atoms with Gasteiger partial charge in [-0.05, 0) is 24.3 Å². The van der Waals surface area contributed by atoms with E-state index in [0.29, 0.717) is 44.7 Å². The minimum Gasteiger partial charge on any atom is -0.493 e. The lowest BCUT2D eigenvalue weighted by Gasteiger charge is -2.14. The first-order chi connectivity index (χ1) is 14.7. The molecule has 30 heavy (non-hydrogen) atoms. The van der Waals surface area contributed by atoms with Gasteiger partial charge in [0.05, 0.1) is 33.3 Å². The molecule has 0 radical (unpaired) electrons. The van der Waals surface area contributed by atoms with E-state index in [4.69, 9.17) is 28.4 Å². The molecule has 3 aromatic rings. The van der Waals surface area contributed by atoms with E-state index in [1.165, 1.54) is 20.7 Å². The van der Waals surface area contributed by atoms with Crippen LogP contribution in [0.1, 0.15) is 0 Å². The molecule has 0 amide bonds. The predicted molar refractivity (Wildman–Crippen MR) is 113 cm³/mol. The van der Waals surface area contributed by atoms with Crippen LogP contribution in [0.25, 0.3) is 21.6 Å². The summed E-state index contributed by atoms with van der Waals surface area (Å²) in [5.74, 6) is 3.18. The summed E-state index contributed by atoms with van der Waals surface area (Å²) in [6.45, 7) is 0.0847. The lowest BCUT2D eigenvalue weighted by molar-refractivity contribution is 0.171. The molecule has 1 aliphatic heterocycles. The van der Waals surface area contributed by atoms with Crippen molar-refractivity contribution in [1.29, 1.82) is 0 Å². The van der Waals surface area contributed by atoms with Crippen LogP contribution in [0.4, 0.5) is 0 Å². The second-order valence-corrected chi connectivity index (χ2v) is 8.20. The smallest absolute Gasteiger partial charge is 0.231 e. The summed E-state index contributed by atoms with van der Waals surface area (Å²) >= 11 is 0. The highest BCUT2D eigenvalue weighted by molar-refractivity contribution is 7.70. The molecule has 2 aromatic carbocycles. The van der Waals surface area contributed by atoms with Crippen LogP contribution in [0.3, 0.4) is 0 Å². The molecule has 10 heteroatoms. The van der Waals surface area contributed by atoms with Gasteiger partial charge in [0.15, 0.2) is 27.7 Å². The molecule has 0 bridgehead atoms. The van der Waals surface area contributed by atoms with E-state index >= 15 is 0 Å². The maximum absolute atomic E-state index is 9.65. The largest absolute Gasteiger partial charge is 0.493 e. The number of nitrogens with zero attached hydrogens (tertiary/aromatic N) is 1. The van der Waals surface area contributed by atoms with Gasteiger partial charge in [0.1, 0.15) is 0 Å². The summed E-state index contributed by atoms with van der Waals surface area (Å²) in [4.78, 5) is 0.856. The van der Waals surface area contributed by atoms with Crippen LogP contribution >= 0.6 is 20.7 Å². The first-order valence-corrected chi connectivity index (χ1v) is 10.9. The van der Waals surface area contributed by atoms with Gasteiger partial charge < -0.3 is 33.6 Å². The first-order valence-electron chi connectivity index (χ1n) is 8.75. The van der Waals surface area contributed by atoms with Crippen molar-refractivity contribution >= 4 is 20.7 Å². The summed E-state index contributed by atoms with van der Waals surface area (Å²) in [6, 6.07) is 7.36. The maximum atomic E-state index is 9.65. The average molecular weight is 450 g/mol. The molecule has 2 heterocycles. The molecule has 1 aliphatic rings. The highest BCUT2D eigenvalue weighted by Crippen LogP contribution is 2.51. The Bertz CT molecular complexity index is 1130. The van der Waals surface area contributed by atoms with Crippen molar-refractivity contribution in [2.24, 2.45) is 5.16 Å². The molecule has 1 N–H and O–H groups in total. The summed E-state index contributed by atoms with van der Waals surface area (Å²) in [5.41, 5.74) is 2.27. The van der Waals surface area contributed by atoms with Crippen molar-refractivity contribution in [3.05, 3.63) is 28.9 Å². The minimum atomic E-state index is 0.0847. The average Bonchev–Trinajstić information content (AvgIpc) is 3.44. The van der Waals surface area contributed by atoms with Gasteiger partial charge >= 0.3 is 0 Å². The van der Waals surface area contributed by atoms with E-state index in [1.54, 1.807) is 34.5 Å². The van der Waals surface area contributed by atoms with E-state index in [1.807, 2.05) is 18.2 Å². The highest BCUT2D eigenvalue weighted by Gasteiger charge is 2.28. The Morgan fingerprint density at radius 1 is 0.867 bits per heavy atom. The van der Waals surface area contributed by atoms with Crippen LogP contribution < -0.4 is 33.1 Å². The summed E-state index contributed by atoms with van der Waals surface area (Å²) in [7, 11) is 9.06.